The molecule has 0 aliphatic heterocycles. The summed E-state index contributed by atoms with van der Waals surface area (Å²) in [4.78, 5) is 25.0. The highest BCUT2D eigenvalue weighted by molar-refractivity contribution is 6.38. The first-order valence-electron chi connectivity index (χ1n) is 8.27. The number of aromatic nitrogens is 3. The number of hydrogen-bond acceptors (Lipinski definition) is 5. The van der Waals surface area contributed by atoms with Crippen molar-refractivity contribution < 1.29 is 9.53 Å². The Bertz CT molecular complexity index is 1050. The van der Waals surface area contributed by atoms with E-state index in [4.69, 9.17) is 27.9 Å². The van der Waals surface area contributed by atoms with Crippen molar-refractivity contribution in [3.63, 3.8) is 0 Å². The first-order chi connectivity index (χ1) is 12.9. The lowest BCUT2D eigenvalue weighted by Gasteiger charge is -2.12. The Kier molecular flexibility index (Phi) is 5.77. The maximum Gasteiger partial charge on any atom is 0.278 e. The number of methoxy groups -OCH3 is 1. The van der Waals surface area contributed by atoms with Crippen LogP contribution in [0.25, 0.3) is 10.9 Å². The van der Waals surface area contributed by atoms with Crippen LogP contribution < -0.4 is 10.3 Å². The number of ketones is 1. The smallest absolute Gasteiger partial charge is 0.278 e. The molecule has 0 fully saturated rings. The molecule has 0 bridgehead atoms. The van der Waals surface area contributed by atoms with E-state index in [0.717, 1.165) is 16.0 Å². The highest BCUT2D eigenvalue weighted by Gasteiger charge is 2.15. The Balaban J connectivity index is 1.77. The van der Waals surface area contributed by atoms with E-state index < -0.39 is 5.56 Å². The van der Waals surface area contributed by atoms with Gasteiger partial charge in [0.05, 0.1) is 17.5 Å². The number of nitrogens with zero attached hydrogens (tertiary/aromatic N) is 3. The number of carbonyl (C=O) groups excluding carboxylic acids is 1. The standard InChI is InChI=1S/C19H17Cl2N3O3/c1-11(12-3-5-15(27-2)6-4-12)7-14(25)10-24-19(26)16-8-13(20)9-17(21)18(16)22-23-24/h3-6,8-9,11H,7,10H2,1-2H3/t11-/m1/s1. The molecule has 0 N–H and O–H groups in total. The fourth-order valence-electron chi connectivity index (χ4n) is 2.84. The second-order valence-corrected chi connectivity index (χ2v) is 7.10. The van der Waals surface area contributed by atoms with E-state index in [-0.39, 0.29) is 40.6 Å². The fourth-order valence-corrected chi connectivity index (χ4v) is 3.37. The number of ether oxygens (including phenoxy) is 1. The molecular weight excluding hydrogens is 389 g/mol. The van der Waals surface area contributed by atoms with Crippen LogP contribution in [0, 0.1) is 0 Å². The topological polar surface area (TPSA) is 74.1 Å². The van der Waals surface area contributed by atoms with Crippen molar-refractivity contribution in [2.45, 2.75) is 25.8 Å². The van der Waals surface area contributed by atoms with Gasteiger partial charge in [0.25, 0.3) is 5.56 Å². The summed E-state index contributed by atoms with van der Waals surface area (Å²) >= 11 is 12.0. The van der Waals surface area contributed by atoms with Crippen LogP contribution in [0.3, 0.4) is 0 Å². The molecule has 2 aromatic carbocycles. The van der Waals surface area contributed by atoms with Crippen LogP contribution in [0.2, 0.25) is 10.0 Å². The number of carbonyl (C=O) groups is 1. The fraction of sp³-hybridized carbons (Fsp3) is 0.263. The molecule has 0 spiro atoms. The predicted octanol–water partition coefficient (Wildman–Crippen LogP) is 3.87. The summed E-state index contributed by atoms with van der Waals surface area (Å²) in [5.41, 5.74) is 0.830. The van der Waals surface area contributed by atoms with Crippen LogP contribution in [0.1, 0.15) is 24.8 Å². The largest absolute Gasteiger partial charge is 0.497 e. The predicted molar refractivity (Wildman–Crippen MR) is 105 cm³/mol. The van der Waals surface area contributed by atoms with E-state index in [1.54, 1.807) is 7.11 Å². The molecule has 3 rings (SSSR count). The van der Waals surface area contributed by atoms with Gasteiger partial charge in [-0.15, -0.1) is 5.10 Å². The van der Waals surface area contributed by atoms with Gasteiger partial charge >= 0.3 is 0 Å². The minimum Gasteiger partial charge on any atom is -0.497 e. The molecule has 0 aliphatic carbocycles. The Labute approximate surface area is 165 Å². The van der Waals surface area contributed by atoms with Crippen LogP contribution in [-0.2, 0) is 11.3 Å². The van der Waals surface area contributed by atoms with Gasteiger partial charge in [-0.1, -0.05) is 47.5 Å². The highest BCUT2D eigenvalue weighted by Crippen LogP contribution is 2.24. The van der Waals surface area contributed by atoms with Gasteiger partial charge in [0, 0.05) is 11.4 Å². The van der Waals surface area contributed by atoms with Crippen LogP contribution in [-0.4, -0.2) is 27.9 Å². The summed E-state index contributed by atoms with van der Waals surface area (Å²) < 4.78 is 6.17. The highest BCUT2D eigenvalue weighted by atomic mass is 35.5. The van der Waals surface area contributed by atoms with Gasteiger partial charge in [-0.2, -0.15) is 0 Å². The summed E-state index contributed by atoms with van der Waals surface area (Å²) in [5.74, 6) is 0.631. The minimum atomic E-state index is -0.449. The van der Waals surface area contributed by atoms with Gasteiger partial charge in [-0.25, -0.2) is 4.68 Å². The van der Waals surface area contributed by atoms with E-state index in [9.17, 15) is 9.59 Å². The van der Waals surface area contributed by atoms with E-state index in [2.05, 4.69) is 10.3 Å². The Hall–Kier alpha value is -2.44. The Morgan fingerprint density at radius 2 is 1.93 bits per heavy atom. The molecule has 1 atom stereocenters. The molecule has 0 saturated carbocycles. The van der Waals surface area contributed by atoms with Crippen molar-refractivity contribution in [1.82, 2.24) is 15.0 Å². The van der Waals surface area contributed by atoms with Crippen LogP contribution >= 0.6 is 23.2 Å². The van der Waals surface area contributed by atoms with Crippen molar-refractivity contribution in [3.05, 3.63) is 62.4 Å². The quantitative estimate of drug-likeness (QED) is 0.622. The Morgan fingerprint density at radius 3 is 2.59 bits per heavy atom. The molecule has 0 amide bonds. The van der Waals surface area contributed by atoms with Crippen molar-refractivity contribution in [2.75, 3.05) is 7.11 Å². The van der Waals surface area contributed by atoms with Gasteiger partial charge in [-0.05, 0) is 35.7 Å². The van der Waals surface area contributed by atoms with Gasteiger partial charge in [0.15, 0.2) is 5.78 Å². The molecule has 27 heavy (non-hydrogen) atoms. The summed E-state index contributed by atoms with van der Waals surface area (Å²) in [6.45, 7) is 1.79. The molecule has 3 aromatic rings. The first-order valence-corrected chi connectivity index (χ1v) is 9.03. The third kappa shape index (κ3) is 4.28. The van der Waals surface area contributed by atoms with E-state index in [1.165, 1.54) is 12.1 Å². The molecule has 1 aromatic heterocycles. The molecule has 1 heterocycles. The van der Waals surface area contributed by atoms with Gasteiger partial charge in [0.2, 0.25) is 0 Å². The molecule has 0 saturated heterocycles. The van der Waals surface area contributed by atoms with Crippen LogP contribution in [0.4, 0.5) is 0 Å². The summed E-state index contributed by atoms with van der Waals surface area (Å²) in [6, 6.07) is 10.5. The molecule has 8 heteroatoms. The summed E-state index contributed by atoms with van der Waals surface area (Å²) in [5, 5.41) is 8.58. The summed E-state index contributed by atoms with van der Waals surface area (Å²) in [6.07, 6.45) is 0.273. The van der Waals surface area contributed by atoms with Crippen molar-refractivity contribution in [3.8, 4) is 5.75 Å². The zero-order chi connectivity index (χ0) is 19.6. The molecule has 0 radical (unpaired) electrons. The van der Waals surface area contributed by atoms with Crippen molar-refractivity contribution in [1.29, 1.82) is 0 Å². The van der Waals surface area contributed by atoms with E-state index >= 15 is 0 Å². The van der Waals surface area contributed by atoms with Gasteiger partial charge in [0.1, 0.15) is 17.8 Å². The SMILES string of the molecule is COc1ccc([C@H](C)CC(=O)Cn2nnc3c(Cl)cc(Cl)cc3c2=O)cc1. The Morgan fingerprint density at radius 1 is 1.22 bits per heavy atom. The van der Waals surface area contributed by atoms with E-state index in [0.29, 0.717) is 5.02 Å². The number of benzene rings is 2. The lowest BCUT2D eigenvalue weighted by molar-refractivity contribution is -0.120. The number of rotatable bonds is 6. The first kappa shape index (κ1) is 19.3. The number of halogens is 2. The number of fused-ring (bicyclic) bond motifs is 1. The van der Waals surface area contributed by atoms with Crippen LogP contribution in [0.15, 0.2) is 41.2 Å². The average molecular weight is 406 g/mol. The zero-order valence-corrected chi connectivity index (χ0v) is 16.3. The number of Topliss-reactive ketones (excluding diaryl/α,β-unsaturated/α-hetero) is 1. The normalized spacial score (nSPS) is 12.1. The molecule has 0 aliphatic rings. The number of hydrogen-bond donors (Lipinski definition) is 0. The van der Waals surface area contributed by atoms with Crippen LogP contribution in [0.5, 0.6) is 5.75 Å². The molecular formula is C19H17Cl2N3O3. The lowest BCUT2D eigenvalue weighted by Crippen LogP contribution is -2.28. The molecule has 0 unspecified atom stereocenters. The maximum atomic E-state index is 12.6. The monoisotopic (exact) mass is 405 g/mol. The van der Waals surface area contributed by atoms with E-state index in [1.807, 2.05) is 31.2 Å². The molecule has 6 nitrogen and oxygen atoms in total. The second-order valence-electron chi connectivity index (χ2n) is 6.25. The lowest BCUT2D eigenvalue weighted by atomic mass is 9.95. The van der Waals surface area contributed by atoms with Crippen molar-refractivity contribution >= 4 is 39.9 Å². The maximum absolute atomic E-state index is 12.6. The average Bonchev–Trinajstić information content (AvgIpc) is 2.64. The molecule has 140 valence electrons. The summed E-state index contributed by atoms with van der Waals surface area (Å²) in [7, 11) is 1.60. The zero-order valence-electron chi connectivity index (χ0n) is 14.8. The minimum absolute atomic E-state index is 0.00332. The van der Waals surface area contributed by atoms with Gasteiger partial charge < -0.3 is 4.74 Å². The second kappa shape index (κ2) is 8.06. The third-order valence-electron chi connectivity index (χ3n) is 4.29. The van der Waals surface area contributed by atoms with Crippen molar-refractivity contribution in [2.24, 2.45) is 0 Å². The third-order valence-corrected chi connectivity index (χ3v) is 4.80. The van der Waals surface area contributed by atoms with Gasteiger partial charge in [-0.3, -0.25) is 9.59 Å².